The largest absolute Gasteiger partial charge is 0.343 e. The average Bonchev–Trinajstić information content (AvgIpc) is 2.47. The van der Waals surface area contributed by atoms with Crippen molar-refractivity contribution in [3.63, 3.8) is 0 Å². The molecule has 1 saturated heterocycles. The van der Waals surface area contributed by atoms with E-state index in [0.717, 1.165) is 44.5 Å². The van der Waals surface area contributed by atoms with Crippen molar-refractivity contribution in [2.24, 2.45) is 11.3 Å². The molecule has 1 amide bonds. The molecule has 1 fully saturated rings. The number of likely N-dealkylation sites (tertiary alicyclic amines) is 1. The highest BCUT2D eigenvalue weighted by Crippen LogP contribution is 2.34. The summed E-state index contributed by atoms with van der Waals surface area (Å²) in [7, 11) is 0. The molecule has 3 heteroatoms. The zero-order chi connectivity index (χ0) is 13.6. The van der Waals surface area contributed by atoms with Gasteiger partial charge in [-0.3, -0.25) is 4.79 Å². The van der Waals surface area contributed by atoms with E-state index in [2.05, 4.69) is 38.3 Å². The number of hydrogen-bond acceptors (Lipinski definition) is 2. The lowest BCUT2D eigenvalue weighted by molar-refractivity contribution is -0.130. The summed E-state index contributed by atoms with van der Waals surface area (Å²) in [6.07, 6.45) is 6.46. The second-order valence-electron chi connectivity index (χ2n) is 6.56. The summed E-state index contributed by atoms with van der Waals surface area (Å²) in [5.74, 6) is 2.01. The molecular formula is C15H29NOS. The number of rotatable bonds is 5. The monoisotopic (exact) mass is 271 g/mol. The minimum atomic E-state index is 0.336. The maximum Gasteiger partial charge on any atom is 0.222 e. The zero-order valence-electron chi connectivity index (χ0n) is 12.2. The molecule has 18 heavy (non-hydrogen) atoms. The Hall–Kier alpha value is -0.180. The van der Waals surface area contributed by atoms with Gasteiger partial charge >= 0.3 is 0 Å². The van der Waals surface area contributed by atoms with Gasteiger partial charge in [0.25, 0.3) is 0 Å². The lowest BCUT2D eigenvalue weighted by Gasteiger charge is -2.29. The molecule has 1 aliphatic heterocycles. The summed E-state index contributed by atoms with van der Waals surface area (Å²) in [5, 5.41) is 0. The van der Waals surface area contributed by atoms with Crippen LogP contribution in [-0.4, -0.2) is 29.6 Å². The molecule has 0 spiro atoms. The Morgan fingerprint density at radius 3 is 2.56 bits per heavy atom. The predicted octanol–water partition coefficient (Wildman–Crippen LogP) is 3.76. The lowest BCUT2D eigenvalue weighted by Crippen LogP contribution is -2.31. The van der Waals surface area contributed by atoms with Crippen molar-refractivity contribution in [2.75, 3.05) is 18.8 Å². The number of nitrogens with zero attached hydrogens (tertiary/aromatic N) is 1. The van der Waals surface area contributed by atoms with Gasteiger partial charge in [0.05, 0.1) is 0 Å². The van der Waals surface area contributed by atoms with Crippen molar-refractivity contribution < 1.29 is 4.79 Å². The van der Waals surface area contributed by atoms with Gasteiger partial charge in [0.1, 0.15) is 0 Å². The van der Waals surface area contributed by atoms with E-state index in [1.54, 1.807) is 0 Å². The van der Waals surface area contributed by atoms with Gasteiger partial charge in [0.15, 0.2) is 0 Å². The molecule has 1 atom stereocenters. The van der Waals surface area contributed by atoms with Crippen LogP contribution in [0.25, 0.3) is 0 Å². The van der Waals surface area contributed by atoms with E-state index in [-0.39, 0.29) is 0 Å². The maximum atomic E-state index is 12.1. The average molecular weight is 271 g/mol. The summed E-state index contributed by atoms with van der Waals surface area (Å²) in [5.41, 5.74) is 0.336. The van der Waals surface area contributed by atoms with Crippen LogP contribution in [0, 0.1) is 11.3 Å². The fourth-order valence-electron chi connectivity index (χ4n) is 2.73. The number of unbranched alkanes of at least 4 members (excludes halogenated alkanes) is 2. The molecule has 0 aromatic carbocycles. The normalized spacial score (nSPS) is 22.1. The van der Waals surface area contributed by atoms with E-state index in [9.17, 15) is 4.79 Å². The van der Waals surface area contributed by atoms with E-state index < -0.39 is 0 Å². The number of carbonyl (C=O) groups is 1. The molecule has 1 aliphatic rings. The molecule has 106 valence electrons. The number of thiol groups is 1. The van der Waals surface area contributed by atoms with E-state index in [1.165, 1.54) is 12.8 Å². The van der Waals surface area contributed by atoms with Crippen LogP contribution in [0.4, 0.5) is 0 Å². The third kappa shape index (κ3) is 5.21. The van der Waals surface area contributed by atoms with Crippen LogP contribution in [-0.2, 0) is 4.79 Å². The maximum absolute atomic E-state index is 12.1. The second-order valence-corrected chi connectivity index (χ2v) is 7.00. The van der Waals surface area contributed by atoms with Crippen LogP contribution >= 0.6 is 12.6 Å². The van der Waals surface area contributed by atoms with Crippen LogP contribution < -0.4 is 0 Å². The van der Waals surface area contributed by atoms with E-state index in [0.29, 0.717) is 17.2 Å². The molecule has 1 heterocycles. The molecule has 0 bridgehead atoms. The summed E-state index contributed by atoms with van der Waals surface area (Å²) in [4.78, 5) is 14.1. The second kappa shape index (κ2) is 7.42. The smallest absolute Gasteiger partial charge is 0.222 e. The van der Waals surface area contributed by atoms with Gasteiger partial charge in [-0.1, -0.05) is 27.2 Å². The molecule has 0 aliphatic carbocycles. The van der Waals surface area contributed by atoms with Crippen LogP contribution in [0.5, 0.6) is 0 Å². The third-order valence-corrected chi connectivity index (χ3v) is 4.43. The Labute approximate surface area is 118 Å². The number of amides is 1. The van der Waals surface area contributed by atoms with Crippen molar-refractivity contribution in [3.05, 3.63) is 0 Å². The van der Waals surface area contributed by atoms with Crippen LogP contribution in [0.3, 0.4) is 0 Å². The first-order valence-corrected chi connectivity index (χ1v) is 7.97. The molecule has 0 aromatic heterocycles. The van der Waals surface area contributed by atoms with Crippen molar-refractivity contribution in [1.29, 1.82) is 0 Å². The topological polar surface area (TPSA) is 20.3 Å². The van der Waals surface area contributed by atoms with Gasteiger partial charge in [0, 0.05) is 19.5 Å². The molecule has 1 rings (SSSR count). The highest BCUT2D eigenvalue weighted by molar-refractivity contribution is 7.80. The fourth-order valence-corrected chi connectivity index (χ4v) is 2.95. The number of carbonyl (C=O) groups excluding carboxylic acids is 1. The Morgan fingerprint density at radius 1 is 1.22 bits per heavy atom. The Balaban J connectivity index is 2.39. The molecule has 0 saturated carbocycles. The first-order chi connectivity index (χ1) is 8.45. The van der Waals surface area contributed by atoms with E-state index in [4.69, 9.17) is 0 Å². The van der Waals surface area contributed by atoms with E-state index >= 15 is 0 Å². The van der Waals surface area contributed by atoms with Crippen molar-refractivity contribution in [2.45, 2.75) is 59.3 Å². The van der Waals surface area contributed by atoms with Crippen LogP contribution in [0.1, 0.15) is 59.3 Å². The first kappa shape index (κ1) is 15.9. The Kier molecular flexibility index (Phi) is 6.54. The quantitative estimate of drug-likeness (QED) is 0.596. The minimum absolute atomic E-state index is 0.336. The molecule has 2 nitrogen and oxygen atoms in total. The molecule has 0 aromatic rings. The summed E-state index contributed by atoms with van der Waals surface area (Å²) in [6.45, 7) is 8.80. The third-order valence-electron chi connectivity index (χ3n) is 4.12. The SMILES string of the molecule is CC(C)(C)C1CCC(=O)N(CCCCCS)CC1. The van der Waals surface area contributed by atoms with Crippen molar-refractivity contribution >= 4 is 18.5 Å². The summed E-state index contributed by atoms with van der Waals surface area (Å²) < 4.78 is 0. The molecule has 0 N–H and O–H groups in total. The van der Waals surface area contributed by atoms with Gasteiger partial charge < -0.3 is 4.90 Å². The highest BCUT2D eigenvalue weighted by atomic mass is 32.1. The van der Waals surface area contributed by atoms with Crippen LogP contribution in [0.2, 0.25) is 0 Å². The first-order valence-electron chi connectivity index (χ1n) is 7.34. The Morgan fingerprint density at radius 2 is 1.94 bits per heavy atom. The Bertz CT molecular complexity index is 260. The minimum Gasteiger partial charge on any atom is -0.343 e. The zero-order valence-corrected chi connectivity index (χ0v) is 13.1. The highest BCUT2D eigenvalue weighted by Gasteiger charge is 2.29. The van der Waals surface area contributed by atoms with Gasteiger partial charge in [-0.05, 0) is 42.8 Å². The van der Waals surface area contributed by atoms with Gasteiger partial charge in [-0.15, -0.1) is 0 Å². The summed E-state index contributed by atoms with van der Waals surface area (Å²) in [6, 6.07) is 0. The van der Waals surface area contributed by atoms with Gasteiger partial charge in [-0.25, -0.2) is 0 Å². The molecule has 1 unspecified atom stereocenters. The molecular weight excluding hydrogens is 242 g/mol. The van der Waals surface area contributed by atoms with E-state index in [1.807, 2.05) is 0 Å². The van der Waals surface area contributed by atoms with Crippen LogP contribution in [0.15, 0.2) is 0 Å². The van der Waals surface area contributed by atoms with Crippen molar-refractivity contribution in [1.82, 2.24) is 4.90 Å². The summed E-state index contributed by atoms with van der Waals surface area (Å²) >= 11 is 4.22. The van der Waals surface area contributed by atoms with Gasteiger partial charge in [-0.2, -0.15) is 12.6 Å². The fraction of sp³-hybridized carbons (Fsp3) is 0.933. The predicted molar refractivity (Wildman–Crippen MR) is 81.1 cm³/mol. The lowest BCUT2D eigenvalue weighted by atomic mass is 9.77. The van der Waals surface area contributed by atoms with Gasteiger partial charge in [0.2, 0.25) is 5.91 Å². The molecule has 0 radical (unpaired) electrons. The van der Waals surface area contributed by atoms with Crippen molar-refractivity contribution in [3.8, 4) is 0 Å². The standard InChI is InChI=1S/C15H29NOS/c1-15(2,3)13-7-8-14(17)16(11-9-13)10-5-4-6-12-18/h13,18H,4-12H2,1-3H3. The number of hydrogen-bond donors (Lipinski definition) is 1.